The van der Waals surface area contributed by atoms with Crippen molar-refractivity contribution in [1.82, 2.24) is 24.8 Å². The summed E-state index contributed by atoms with van der Waals surface area (Å²) in [6.07, 6.45) is 6.53. The molecule has 0 spiro atoms. The van der Waals surface area contributed by atoms with Crippen molar-refractivity contribution in [3.05, 3.63) is 47.9 Å². The molecule has 1 aliphatic heterocycles. The Bertz CT molecular complexity index is 1080. The van der Waals surface area contributed by atoms with E-state index in [0.29, 0.717) is 11.4 Å². The second-order valence-corrected chi connectivity index (χ2v) is 8.47. The second-order valence-electron chi connectivity index (χ2n) is 8.47. The molecule has 1 N–H and O–H groups in total. The Kier molecular flexibility index (Phi) is 5.19. The molecule has 31 heavy (non-hydrogen) atoms. The molecular formula is C23H27N5O3. The average molecular weight is 422 g/mol. The van der Waals surface area contributed by atoms with Gasteiger partial charge in [0.05, 0.1) is 42.7 Å². The maximum absolute atomic E-state index is 12.0. The molecule has 2 bridgehead atoms. The highest BCUT2D eigenvalue weighted by Gasteiger charge is 2.53. The molecular weight excluding hydrogens is 394 g/mol. The first-order chi connectivity index (χ1) is 15.1. The third kappa shape index (κ3) is 3.49. The number of likely N-dealkylation sites (tertiary alicyclic amines) is 1. The number of para-hydroxylation sites is 2. The van der Waals surface area contributed by atoms with E-state index in [1.807, 2.05) is 30.5 Å². The molecule has 2 aromatic heterocycles. The summed E-state index contributed by atoms with van der Waals surface area (Å²) in [6.45, 7) is 2.27. The maximum atomic E-state index is 12.0. The predicted molar refractivity (Wildman–Crippen MR) is 115 cm³/mol. The van der Waals surface area contributed by atoms with Crippen LogP contribution in [0.1, 0.15) is 30.5 Å². The van der Waals surface area contributed by atoms with Crippen molar-refractivity contribution >= 4 is 11.0 Å². The van der Waals surface area contributed by atoms with Gasteiger partial charge >= 0.3 is 6.01 Å². The number of benzene rings is 1. The van der Waals surface area contributed by atoms with Crippen molar-refractivity contribution in [2.24, 2.45) is 11.8 Å². The van der Waals surface area contributed by atoms with Crippen molar-refractivity contribution in [3.63, 3.8) is 0 Å². The Hall–Kier alpha value is -2.84. The molecule has 1 saturated carbocycles. The topological polar surface area (TPSA) is 93.5 Å². The molecule has 8 heteroatoms. The van der Waals surface area contributed by atoms with Gasteiger partial charge < -0.3 is 14.6 Å². The van der Waals surface area contributed by atoms with Crippen LogP contribution in [0.5, 0.6) is 11.9 Å². The molecule has 1 aromatic carbocycles. The van der Waals surface area contributed by atoms with Crippen LogP contribution in [0.25, 0.3) is 11.0 Å². The van der Waals surface area contributed by atoms with Crippen LogP contribution in [-0.2, 0) is 12.1 Å². The molecule has 1 aliphatic carbocycles. The lowest BCUT2D eigenvalue weighted by Crippen LogP contribution is -2.58. The van der Waals surface area contributed by atoms with Gasteiger partial charge in [-0.2, -0.15) is 4.98 Å². The van der Waals surface area contributed by atoms with Gasteiger partial charge in [0.1, 0.15) is 5.60 Å². The van der Waals surface area contributed by atoms with Gasteiger partial charge in [0, 0.05) is 37.7 Å². The Morgan fingerprint density at radius 2 is 1.74 bits per heavy atom. The molecule has 5 rings (SSSR count). The smallest absolute Gasteiger partial charge is 0.319 e. The van der Waals surface area contributed by atoms with Crippen molar-refractivity contribution in [2.75, 3.05) is 27.3 Å². The third-order valence-electron chi connectivity index (χ3n) is 6.73. The molecule has 2 atom stereocenters. The van der Waals surface area contributed by atoms with Crippen LogP contribution >= 0.6 is 0 Å². The van der Waals surface area contributed by atoms with Gasteiger partial charge in [0.15, 0.2) is 0 Å². The molecule has 0 unspecified atom stereocenters. The number of piperidine rings is 1. The second kappa shape index (κ2) is 8.01. The Morgan fingerprint density at radius 3 is 2.45 bits per heavy atom. The zero-order valence-corrected chi connectivity index (χ0v) is 17.9. The van der Waals surface area contributed by atoms with Crippen molar-refractivity contribution in [1.29, 1.82) is 0 Å². The van der Waals surface area contributed by atoms with E-state index in [9.17, 15) is 5.11 Å². The molecule has 0 amide bonds. The molecule has 3 heterocycles. The summed E-state index contributed by atoms with van der Waals surface area (Å²) in [4.78, 5) is 20.3. The lowest BCUT2D eigenvalue weighted by atomic mass is 9.63. The number of hydrogen-bond acceptors (Lipinski definition) is 8. The fraction of sp³-hybridized carbons (Fsp3) is 0.478. The number of aliphatic hydroxyl groups is 1. The first-order valence-corrected chi connectivity index (χ1v) is 10.7. The Labute approximate surface area is 181 Å². The van der Waals surface area contributed by atoms with Crippen LogP contribution in [0.4, 0.5) is 0 Å². The lowest BCUT2D eigenvalue weighted by Gasteiger charge is -2.53. The van der Waals surface area contributed by atoms with Crippen LogP contribution in [0.15, 0.2) is 36.7 Å². The summed E-state index contributed by atoms with van der Waals surface area (Å²) < 4.78 is 10.6. The Balaban J connectivity index is 1.41. The molecule has 8 nitrogen and oxygen atoms in total. The minimum atomic E-state index is -1.01. The minimum Gasteiger partial charge on any atom is -0.481 e. The fourth-order valence-electron chi connectivity index (χ4n) is 5.29. The van der Waals surface area contributed by atoms with Gasteiger partial charge in [-0.05, 0) is 25.0 Å². The zero-order valence-electron chi connectivity index (χ0n) is 17.9. The van der Waals surface area contributed by atoms with Crippen molar-refractivity contribution < 1.29 is 14.6 Å². The molecule has 1 saturated heterocycles. The summed E-state index contributed by atoms with van der Waals surface area (Å²) in [6, 6.07) is 8.16. The SMILES string of the molecule is COc1ncc(C2(O)[C@H]3CCC[C@H]2CN(Cc2cnc4ccccc4n2)C3)c(OC)n1. The molecule has 2 fully saturated rings. The van der Waals surface area contributed by atoms with Gasteiger partial charge in [-0.25, -0.2) is 9.97 Å². The van der Waals surface area contributed by atoms with E-state index in [2.05, 4.69) is 19.9 Å². The lowest BCUT2D eigenvalue weighted by molar-refractivity contribution is -0.150. The quantitative estimate of drug-likeness (QED) is 0.672. The normalized spacial score (nSPS) is 26.0. The standard InChI is InChI=1S/C23H27N5O3/c1-30-21-18(11-25-22(27-21)31-2)23(29)15-6-5-7-16(23)13-28(12-15)14-17-10-24-19-8-3-4-9-20(19)26-17/h3-4,8-11,15-16,29H,5-7,12-14H2,1-2H3/t15-,16-/m0/s1. The fourth-order valence-corrected chi connectivity index (χ4v) is 5.29. The van der Waals surface area contributed by atoms with Gasteiger partial charge in [-0.15, -0.1) is 0 Å². The maximum Gasteiger partial charge on any atom is 0.319 e. The van der Waals surface area contributed by atoms with Crippen LogP contribution in [0.3, 0.4) is 0 Å². The highest BCUT2D eigenvalue weighted by atomic mass is 16.5. The summed E-state index contributed by atoms with van der Waals surface area (Å²) in [7, 11) is 3.09. The van der Waals surface area contributed by atoms with Crippen LogP contribution < -0.4 is 9.47 Å². The van der Waals surface area contributed by atoms with E-state index in [1.165, 1.54) is 7.11 Å². The Morgan fingerprint density at radius 1 is 1.00 bits per heavy atom. The highest BCUT2D eigenvalue weighted by molar-refractivity contribution is 5.73. The first-order valence-electron chi connectivity index (χ1n) is 10.7. The van der Waals surface area contributed by atoms with E-state index < -0.39 is 5.60 Å². The summed E-state index contributed by atoms with van der Waals surface area (Å²) in [5.74, 6) is 0.527. The van der Waals surface area contributed by atoms with Crippen molar-refractivity contribution in [2.45, 2.75) is 31.4 Å². The van der Waals surface area contributed by atoms with E-state index in [-0.39, 0.29) is 17.8 Å². The predicted octanol–water partition coefficient (Wildman–Crippen LogP) is 2.56. The van der Waals surface area contributed by atoms with E-state index >= 15 is 0 Å². The zero-order chi connectivity index (χ0) is 21.4. The number of aromatic nitrogens is 4. The van der Waals surface area contributed by atoms with Gasteiger partial charge in [-0.1, -0.05) is 18.6 Å². The van der Waals surface area contributed by atoms with Gasteiger partial charge in [0.2, 0.25) is 5.88 Å². The molecule has 2 aliphatic rings. The van der Waals surface area contributed by atoms with E-state index in [1.54, 1.807) is 13.3 Å². The number of fused-ring (bicyclic) bond motifs is 3. The number of nitrogens with zero attached hydrogens (tertiary/aromatic N) is 5. The first kappa shape index (κ1) is 20.1. The summed E-state index contributed by atoms with van der Waals surface area (Å²) >= 11 is 0. The summed E-state index contributed by atoms with van der Waals surface area (Å²) in [5.41, 5.74) is 2.42. The average Bonchev–Trinajstić information content (AvgIpc) is 2.79. The van der Waals surface area contributed by atoms with Crippen molar-refractivity contribution in [3.8, 4) is 11.9 Å². The molecule has 3 aromatic rings. The van der Waals surface area contributed by atoms with Crippen LogP contribution in [0, 0.1) is 11.8 Å². The van der Waals surface area contributed by atoms with E-state index in [0.717, 1.165) is 55.6 Å². The highest BCUT2D eigenvalue weighted by Crippen LogP contribution is 2.51. The van der Waals surface area contributed by atoms with Crippen LogP contribution in [-0.4, -0.2) is 57.3 Å². The number of hydrogen-bond donors (Lipinski definition) is 1. The van der Waals surface area contributed by atoms with Gasteiger partial charge in [0.25, 0.3) is 0 Å². The largest absolute Gasteiger partial charge is 0.481 e. The number of ether oxygens (including phenoxy) is 2. The van der Waals surface area contributed by atoms with Gasteiger partial charge in [-0.3, -0.25) is 9.88 Å². The minimum absolute atomic E-state index is 0.0688. The number of rotatable bonds is 5. The monoisotopic (exact) mass is 421 g/mol. The molecule has 162 valence electrons. The molecule has 0 radical (unpaired) electrons. The third-order valence-corrected chi connectivity index (χ3v) is 6.73. The van der Waals surface area contributed by atoms with Crippen LogP contribution in [0.2, 0.25) is 0 Å². The van der Waals surface area contributed by atoms with E-state index in [4.69, 9.17) is 14.5 Å². The summed E-state index contributed by atoms with van der Waals surface area (Å²) in [5, 5.41) is 12.0. The number of methoxy groups -OCH3 is 2.